The van der Waals surface area contributed by atoms with E-state index in [1.807, 2.05) is 11.8 Å². The van der Waals surface area contributed by atoms with Gasteiger partial charge in [-0.3, -0.25) is 0 Å². The number of carbonyl (C=O) groups is 1. The minimum absolute atomic E-state index is 0.0591. The van der Waals surface area contributed by atoms with Crippen molar-refractivity contribution in [1.29, 1.82) is 0 Å². The Balaban J connectivity index is 1.91. The number of rotatable bonds is 6. The van der Waals surface area contributed by atoms with Gasteiger partial charge in [-0.05, 0) is 55.7 Å². The molecule has 4 heteroatoms. The second-order valence-electron chi connectivity index (χ2n) is 5.50. The van der Waals surface area contributed by atoms with Gasteiger partial charge in [0.1, 0.15) is 6.10 Å². The Hall–Kier alpha value is -0.670. The van der Waals surface area contributed by atoms with Crippen LogP contribution in [0, 0.1) is 0 Å². The lowest BCUT2D eigenvalue weighted by Crippen LogP contribution is -2.32. The molecule has 0 heterocycles. The molecule has 1 aliphatic carbocycles. The molecule has 21 heavy (non-hydrogen) atoms. The van der Waals surface area contributed by atoms with Crippen molar-refractivity contribution in [2.45, 2.75) is 56.8 Å². The van der Waals surface area contributed by atoms with Crippen molar-refractivity contribution in [3.05, 3.63) is 34.9 Å². The number of unbranched alkanes of at least 4 members (excludes halogenated alkanes) is 1. The molecular formula is C17H23ClO2S. The molecule has 2 nitrogen and oxygen atoms in total. The second kappa shape index (κ2) is 8.70. The maximum Gasteiger partial charge on any atom is 0.338 e. The highest BCUT2D eigenvalue weighted by molar-refractivity contribution is 7.99. The number of thioether (sulfide) groups is 1. The molecule has 0 saturated heterocycles. The summed E-state index contributed by atoms with van der Waals surface area (Å²) in [5.74, 6) is 0.940. The maximum absolute atomic E-state index is 12.2. The van der Waals surface area contributed by atoms with Crippen molar-refractivity contribution in [2.24, 2.45) is 0 Å². The summed E-state index contributed by atoms with van der Waals surface area (Å²) >= 11 is 7.82. The lowest BCUT2D eigenvalue weighted by atomic mass is 9.97. The number of benzene rings is 1. The fourth-order valence-corrected chi connectivity index (χ4v) is 4.18. The van der Waals surface area contributed by atoms with Crippen LogP contribution in [0.15, 0.2) is 24.3 Å². The zero-order valence-electron chi connectivity index (χ0n) is 12.5. The Kier molecular flexibility index (Phi) is 6.91. The third kappa shape index (κ3) is 5.23. The molecule has 0 N–H and O–H groups in total. The first kappa shape index (κ1) is 16.7. The van der Waals surface area contributed by atoms with E-state index >= 15 is 0 Å². The predicted molar refractivity (Wildman–Crippen MR) is 90.3 cm³/mol. The number of hydrogen-bond acceptors (Lipinski definition) is 3. The van der Waals surface area contributed by atoms with Gasteiger partial charge in [0.25, 0.3) is 0 Å². The molecule has 1 fully saturated rings. The van der Waals surface area contributed by atoms with Crippen molar-refractivity contribution < 1.29 is 9.53 Å². The molecule has 0 aliphatic heterocycles. The van der Waals surface area contributed by atoms with Gasteiger partial charge in [0.2, 0.25) is 0 Å². The van der Waals surface area contributed by atoms with E-state index in [1.165, 1.54) is 19.3 Å². The van der Waals surface area contributed by atoms with Crippen LogP contribution in [0.2, 0.25) is 5.02 Å². The van der Waals surface area contributed by atoms with Crippen molar-refractivity contribution in [3.8, 4) is 0 Å². The van der Waals surface area contributed by atoms with Crippen LogP contribution in [0.1, 0.15) is 55.8 Å². The topological polar surface area (TPSA) is 26.3 Å². The van der Waals surface area contributed by atoms with Gasteiger partial charge < -0.3 is 4.74 Å². The Bertz CT molecular complexity index is 447. The number of esters is 1. The first-order valence-corrected chi connectivity index (χ1v) is 9.21. The lowest BCUT2D eigenvalue weighted by molar-refractivity contribution is 0.0229. The van der Waals surface area contributed by atoms with Crippen molar-refractivity contribution in [3.63, 3.8) is 0 Å². The quantitative estimate of drug-likeness (QED) is 0.521. The van der Waals surface area contributed by atoms with Crippen LogP contribution in [-0.4, -0.2) is 23.1 Å². The molecule has 1 aromatic rings. The summed E-state index contributed by atoms with van der Waals surface area (Å²) < 4.78 is 5.76. The van der Waals surface area contributed by atoms with Crippen LogP contribution in [0.4, 0.5) is 0 Å². The fourth-order valence-electron chi connectivity index (χ4n) is 2.56. The highest BCUT2D eigenvalue weighted by atomic mass is 35.5. The minimum Gasteiger partial charge on any atom is -0.458 e. The highest BCUT2D eigenvalue weighted by Gasteiger charge is 2.28. The van der Waals surface area contributed by atoms with Crippen LogP contribution in [0.3, 0.4) is 0 Å². The first-order valence-electron chi connectivity index (χ1n) is 7.79. The minimum atomic E-state index is -0.223. The Morgan fingerprint density at radius 2 is 2.00 bits per heavy atom. The third-order valence-electron chi connectivity index (χ3n) is 3.81. The molecule has 0 unspecified atom stereocenters. The van der Waals surface area contributed by atoms with E-state index in [0.29, 0.717) is 15.8 Å². The molecule has 0 bridgehead atoms. The van der Waals surface area contributed by atoms with Crippen LogP contribution in [0.5, 0.6) is 0 Å². The van der Waals surface area contributed by atoms with E-state index in [9.17, 15) is 4.79 Å². The first-order chi connectivity index (χ1) is 10.2. The summed E-state index contributed by atoms with van der Waals surface area (Å²) in [6.07, 6.45) is 7.07. The molecule has 1 aromatic carbocycles. The summed E-state index contributed by atoms with van der Waals surface area (Å²) in [5, 5.41) is 1.10. The normalized spacial score (nSPS) is 22.0. The Morgan fingerprint density at radius 1 is 1.29 bits per heavy atom. The van der Waals surface area contributed by atoms with E-state index in [1.54, 1.807) is 24.3 Å². The average molecular weight is 327 g/mol. The Morgan fingerprint density at radius 3 is 2.71 bits per heavy atom. The van der Waals surface area contributed by atoms with Gasteiger partial charge in [0.15, 0.2) is 0 Å². The lowest BCUT2D eigenvalue weighted by Gasteiger charge is -2.30. The van der Waals surface area contributed by atoms with E-state index in [4.69, 9.17) is 16.3 Å². The zero-order valence-corrected chi connectivity index (χ0v) is 14.1. The van der Waals surface area contributed by atoms with Gasteiger partial charge in [0, 0.05) is 10.3 Å². The van der Waals surface area contributed by atoms with Crippen LogP contribution < -0.4 is 0 Å². The molecule has 116 valence electrons. The standard InChI is InChI=1S/C17H23ClO2S/c1-2-3-12-21-16-7-5-4-6-15(16)20-17(19)13-8-10-14(18)11-9-13/h8-11,15-16H,2-7,12H2,1H3/t15-,16+/m0/s1. The average Bonchev–Trinajstić information content (AvgIpc) is 2.50. The molecule has 0 aromatic heterocycles. The van der Waals surface area contributed by atoms with Crippen LogP contribution in [-0.2, 0) is 4.74 Å². The summed E-state index contributed by atoms with van der Waals surface area (Å²) in [5.41, 5.74) is 0.585. The molecular weight excluding hydrogens is 304 g/mol. The smallest absolute Gasteiger partial charge is 0.338 e. The molecule has 0 spiro atoms. The van der Waals surface area contributed by atoms with Crippen molar-refractivity contribution in [2.75, 3.05) is 5.75 Å². The summed E-state index contributed by atoms with van der Waals surface area (Å²) in [6.45, 7) is 2.21. The van der Waals surface area contributed by atoms with Gasteiger partial charge in [-0.15, -0.1) is 0 Å². The van der Waals surface area contributed by atoms with Gasteiger partial charge in [-0.1, -0.05) is 31.4 Å². The summed E-state index contributed by atoms with van der Waals surface area (Å²) in [7, 11) is 0. The summed E-state index contributed by atoms with van der Waals surface area (Å²) in [4.78, 5) is 12.2. The molecule has 2 rings (SSSR count). The van der Waals surface area contributed by atoms with Crippen molar-refractivity contribution >= 4 is 29.3 Å². The monoisotopic (exact) mass is 326 g/mol. The largest absolute Gasteiger partial charge is 0.458 e. The molecule has 0 radical (unpaired) electrons. The number of halogens is 1. The predicted octanol–water partition coefficient (Wildman–Crippen LogP) is 5.34. The SMILES string of the molecule is CCCCS[C@@H]1CCCC[C@@H]1OC(=O)c1ccc(Cl)cc1. The van der Waals surface area contributed by atoms with Gasteiger partial charge in [0.05, 0.1) is 5.56 Å². The maximum atomic E-state index is 12.2. The molecule has 2 atom stereocenters. The highest BCUT2D eigenvalue weighted by Crippen LogP contribution is 2.32. The molecule has 1 saturated carbocycles. The van der Waals surface area contributed by atoms with E-state index in [-0.39, 0.29) is 12.1 Å². The van der Waals surface area contributed by atoms with Crippen molar-refractivity contribution in [1.82, 2.24) is 0 Å². The number of hydrogen-bond donors (Lipinski definition) is 0. The fraction of sp³-hybridized carbons (Fsp3) is 0.588. The number of carbonyl (C=O) groups excluding carboxylic acids is 1. The van der Waals surface area contributed by atoms with Gasteiger partial charge >= 0.3 is 5.97 Å². The molecule has 1 aliphatic rings. The van der Waals surface area contributed by atoms with Gasteiger partial charge in [-0.2, -0.15) is 11.8 Å². The van der Waals surface area contributed by atoms with Crippen LogP contribution >= 0.6 is 23.4 Å². The van der Waals surface area contributed by atoms with E-state index < -0.39 is 0 Å². The number of ether oxygens (including phenoxy) is 1. The Labute approximate surface area is 136 Å². The summed E-state index contributed by atoms with van der Waals surface area (Å²) in [6, 6.07) is 6.92. The van der Waals surface area contributed by atoms with E-state index in [2.05, 4.69) is 6.92 Å². The van der Waals surface area contributed by atoms with Crippen LogP contribution in [0.25, 0.3) is 0 Å². The molecule has 0 amide bonds. The third-order valence-corrected chi connectivity index (χ3v) is 5.55. The second-order valence-corrected chi connectivity index (χ2v) is 7.28. The zero-order chi connectivity index (χ0) is 15.1. The van der Waals surface area contributed by atoms with Gasteiger partial charge in [-0.25, -0.2) is 4.79 Å². The van der Waals surface area contributed by atoms with E-state index in [0.717, 1.165) is 25.0 Å².